The van der Waals surface area contributed by atoms with Crippen molar-refractivity contribution in [2.75, 3.05) is 6.54 Å². The number of azide groups is 1. The van der Waals surface area contributed by atoms with Gasteiger partial charge in [-0.3, -0.25) is 0 Å². The van der Waals surface area contributed by atoms with Gasteiger partial charge in [-0.2, -0.15) is 0 Å². The van der Waals surface area contributed by atoms with E-state index in [1.54, 1.807) is 0 Å². The van der Waals surface area contributed by atoms with Gasteiger partial charge in [0.05, 0.1) is 0 Å². The summed E-state index contributed by atoms with van der Waals surface area (Å²) in [5, 5.41) is 11.5. The first kappa shape index (κ1) is 12.7. The molecule has 0 rings (SSSR count). The van der Waals surface area contributed by atoms with Crippen molar-refractivity contribution in [3.8, 4) is 0 Å². The highest BCUT2D eigenvalue weighted by Gasteiger charge is 2.13. The summed E-state index contributed by atoms with van der Waals surface area (Å²) in [5.41, 5.74) is 11.1. The Morgan fingerprint density at radius 2 is 2.36 bits per heavy atom. The number of halogens is 1. The van der Waals surface area contributed by atoms with E-state index < -0.39 is 12.0 Å². The largest absolute Gasteiger partial charge is 1.00 e. The lowest BCUT2D eigenvalue weighted by atomic mass is 10.2. The molecule has 64 valence electrons. The van der Waals surface area contributed by atoms with Gasteiger partial charge in [0.1, 0.15) is 0 Å². The van der Waals surface area contributed by atoms with E-state index in [1.807, 2.05) is 0 Å². The van der Waals surface area contributed by atoms with Gasteiger partial charge >= 0.3 is 5.97 Å². The number of carboxylic acid groups (broad SMARTS) is 1. The first-order valence-electron chi connectivity index (χ1n) is 2.75. The molecular formula is C4H9ClN4O2. The van der Waals surface area contributed by atoms with Crippen molar-refractivity contribution in [3.63, 3.8) is 0 Å². The Hall–Kier alpha value is -0.970. The van der Waals surface area contributed by atoms with Gasteiger partial charge < -0.3 is 23.2 Å². The molecule has 0 spiro atoms. The lowest BCUT2D eigenvalue weighted by Gasteiger charge is -1.97. The monoisotopic (exact) mass is 180 g/mol. The van der Waals surface area contributed by atoms with Crippen LogP contribution in [0.4, 0.5) is 0 Å². The molecule has 0 aromatic heterocycles. The number of aliphatic carboxylic acids is 1. The van der Waals surface area contributed by atoms with Crippen LogP contribution < -0.4 is 18.1 Å². The van der Waals surface area contributed by atoms with E-state index in [0.29, 0.717) is 6.42 Å². The molecule has 4 N–H and O–H groups in total. The van der Waals surface area contributed by atoms with Crippen LogP contribution in [0.5, 0.6) is 0 Å². The van der Waals surface area contributed by atoms with Gasteiger partial charge in [0, 0.05) is 17.9 Å². The van der Waals surface area contributed by atoms with Gasteiger partial charge in [0.2, 0.25) is 0 Å². The Kier molecular flexibility index (Phi) is 8.23. The summed E-state index contributed by atoms with van der Waals surface area (Å²) in [4.78, 5) is 12.6. The maximum absolute atomic E-state index is 10.1. The van der Waals surface area contributed by atoms with E-state index in [9.17, 15) is 4.79 Å². The van der Waals surface area contributed by atoms with E-state index in [-0.39, 0.29) is 19.0 Å². The summed E-state index contributed by atoms with van der Waals surface area (Å²) in [7, 11) is 0. The number of rotatable bonds is 4. The van der Waals surface area contributed by atoms with Crippen LogP contribution in [-0.2, 0) is 4.79 Å². The second-order valence-electron chi connectivity index (χ2n) is 1.78. The van der Waals surface area contributed by atoms with Crippen LogP contribution in [0.15, 0.2) is 5.11 Å². The van der Waals surface area contributed by atoms with Gasteiger partial charge in [0.25, 0.3) is 0 Å². The summed E-state index contributed by atoms with van der Waals surface area (Å²) in [5.74, 6) is -0.965. The summed E-state index contributed by atoms with van der Waals surface area (Å²) >= 11 is 0. The number of carboxylic acids is 1. The molecule has 0 aliphatic heterocycles. The van der Waals surface area contributed by atoms with Crippen LogP contribution in [0.1, 0.15) is 6.42 Å². The Balaban J connectivity index is 0. The third-order valence-corrected chi connectivity index (χ3v) is 0.990. The van der Waals surface area contributed by atoms with Gasteiger partial charge in [-0.25, -0.2) is 4.79 Å². The fraction of sp³-hybridized carbons (Fsp3) is 0.750. The van der Waals surface area contributed by atoms with Crippen LogP contribution >= 0.6 is 0 Å². The molecular weight excluding hydrogens is 172 g/mol. The quantitative estimate of drug-likeness (QED) is 0.264. The van der Waals surface area contributed by atoms with Gasteiger partial charge in [-0.05, 0) is 5.53 Å². The molecule has 0 aliphatic carbocycles. The number of hydrogen-bond donors (Lipinski definition) is 2. The average molecular weight is 181 g/mol. The fourth-order valence-electron chi connectivity index (χ4n) is 0.382. The number of hydrogen-bond acceptors (Lipinski definition) is 2. The molecule has 0 aliphatic rings. The molecule has 0 unspecified atom stereocenters. The zero-order chi connectivity index (χ0) is 7.98. The predicted molar refractivity (Wildman–Crippen MR) is 32.9 cm³/mol. The zero-order valence-electron chi connectivity index (χ0n) is 5.77. The highest BCUT2D eigenvalue weighted by atomic mass is 35.5. The summed E-state index contributed by atoms with van der Waals surface area (Å²) in [6.45, 7) is 0.191. The molecule has 0 radical (unpaired) electrons. The molecule has 7 heteroatoms. The van der Waals surface area contributed by atoms with E-state index in [0.717, 1.165) is 0 Å². The molecule has 0 fully saturated rings. The van der Waals surface area contributed by atoms with Crippen LogP contribution in [0, 0.1) is 0 Å². The lowest BCUT2D eigenvalue weighted by Crippen LogP contribution is -3.00. The van der Waals surface area contributed by atoms with Crippen molar-refractivity contribution in [2.24, 2.45) is 5.11 Å². The second kappa shape index (κ2) is 7.14. The molecule has 1 atom stereocenters. The molecule has 0 aromatic carbocycles. The Labute approximate surface area is 69.4 Å². The minimum atomic E-state index is -0.965. The Morgan fingerprint density at radius 1 is 1.82 bits per heavy atom. The third kappa shape index (κ3) is 6.92. The molecule has 0 heterocycles. The standard InChI is InChI=1S/C4H8N4O2.ClH/c5-3(4(9)10)1-2-7-8-6;/h3H,1-2,5H2,(H,9,10);1H/t3-;/m1./s1. The van der Waals surface area contributed by atoms with Crippen molar-refractivity contribution in [2.45, 2.75) is 12.5 Å². The highest BCUT2D eigenvalue weighted by Crippen LogP contribution is 1.86. The zero-order valence-corrected chi connectivity index (χ0v) is 6.53. The second-order valence-corrected chi connectivity index (χ2v) is 1.78. The summed E-state index contributed by atoms with van der Waals surface area (Å²) in [6, 6.07) is -0.675. The fourth-order valence-corrected chi connectivity index (χ4v) is 0.382. The topological polar surface area (TPSA) is 114 Å². The van der Waals surface area contributed by atoms with E-state index in [1.165, 1.54) is 0 Å². The molecule has 0 saturated carbocycles. The number of carbonyl (C=O) groups is 1. The molecule has 0 amide bonds. The summed E-state index contributed by atoms with van der Waals surface area (Å²) in [6.07, 6.45) is 0.291. The van der Waals surface area contributed by atoms with E-state index >= 15 is 0 Å². The van der Waals surface area contributed by atoms with Gasteiger partial charge in [-0.1, -0.05) is 5.11 Å². The Bertz CT molecular complexity index is 167. The van der Waals surface area contributed by atoms with E-state index in [2.05, 4.69) is 15.8 Å². The number of quaternary nitrogens is 1. The normalized spacial score (nSPS) is 10.6. The first-order chi connectivity index (χ1) is 4.68. The average Bonchev–Trinajstić information content (AvgIpc) is 1.88. The third-order valence-electron chi connectivity index (χ3n) is 0.990. The van der Waals surface area contributed by atoms with Crippen molar-refractivity contribution >= 4 is 5.97 Å². The van der Waals surface area contributed by atoms with Crippen molar-refractivity contribution in [1.29, 1.82) is 0 Å². The van der Waals surface area contributed by atoms with Crippen LogP contribution in [-0.4, -0.2) is 23.7 Å². The molecule has 0 saturated heterocycles. The smallest absolute Gasteiger partial charge is 0.362 e. The van der Waals surface area contributed by atoms with Crippen LogP contribution in [0.3, 0.4) is 0 Å². The maximum atomic E-state index is 10.1. The lowest BCUT2D eigenvalue weighted by molar-refractivity contribution is -0.408. The SMILES string of the molecule is [Cl-].[N-]=[N+]=NCC[C@@H]([NH3+])C(=O)O. The maximum Gasteiger partial charge on any atom is 0.362 e. The molecule has 11 heavy (non-hydrogen) atoms. The number of nitrogens with zero attached hydrogens (tertiary/aromatic N) is 3. The van der Waals surface area contributed by atoms with Crippen LogP contribution in [0.2, 0.25) is 0 Å². The highest BCUT2D eigenvalue weighted by molar-refractivity contribution is 5.71. The van der Waals surface area contributed by atoms with Gasteiger partial charge in [0.15, 0.2) is 6.04 Å². The van der Waals surface area contributed by atoms with Crippen molar-refractivity contribution < 1.29 is 28.0 Å². The van der Waals surface area contributed by atoms with Crippen molar-refractivity contribution in [1.82, 2.24) is 0 Å². The van der Waals surface area contributed by atoms with Crippen molar-refractivity contribution in [3.05, 3.63) is 10.4 Å². The molecule has 0 aromatic rings. The summed E-state index contributed by atoms with van der Waals surface area (Å²) < 4.78 is 0. The molecule has 0 bridgehead atoms. The van der Waals surface area contributed by atoms with Crippen LogP contribution in [0.25, 0.3) is 10.4 Å². The van der Waals surface area contributed by atoms with E-state index in [4.69, 9.17) is 10.6 Å². The first-order valence-corrected chi connectivity index (χ1v) is 2.75. The minimum Gasteiger partial charge on any atom is -1.00 e. The van der Waals surface area contributed by atoms with Gasteiger partial charge in [-0.15, -0.1) is 0 Å². The molecule has 6 nitrogen and oxygen atoms in total. The Morgan fingerprint density at radius 3 is 2.73 bits per heavy atom. The minimum absolute atomic E-state index is 0. The predicted octanol–water partition coefficient (Wildman–Crippen LogP) is -3.61.